The first kappa shape index (κ1) is 12.8. The van der Waals surface area contributed by atoms with E-state index < -0.39 is 0 Å². The molecular weight excluding hydrogens is 266 g/mol. The van der Waals surface area contributed by atoms with Crippen LogP contribution in [0.3, 0.4) is 0 Å². The van der Waals surface area contributed by atoms with E-state index in [1.165, 1.54) is 0 Å². The topological polar surface area (TPSA) is 12.0 Å². The third kappa shape index (κ3) is 2.68. The zero-order valence-electron chi connectivity index (χ0n) is 10.9. The summed E-state index contributed by atoms with van der Waals surface area (Å²) in [4.78, 5) is 0. The fourth-order valence-electron chi connectivity index (χ4n) is 2.15. The Balaban J connectivity index is 1.98. The lowest BCUT2D eigenvalue weighted by Gasteiger charge is -2.12. The van der Waals surface area contributed by atoms with Crippen molar-refractivity contribution in [2.45, 2.75) is 0 Å². The van der Waals surface area contributed by atoms with Gasteiger partial charge in [0.25, 0.3) is 0 Å². The van der Waals surface area contributed by atoms with Crippen LogP contribution in [-0.4, -0.2) is 0 Å². The van der Waals surface area contributed by atoms with Crippen molar-refractivity contribution in [1.29, 1.82) is 0 Å². The lowest BCUT2D eigenvalue weighted by Crippen LogP contribution is -1.92. The molecule has 1 nitrogen and oxygen atoms in total. The summed E-state index contributed by atoms with van der Waals surface area (Å²) in [5.74, 6) is 0. The maximum Gasteiger partial charge on any atom is 0.0719 e. The molecule has 0 fully saturated rings. The lowest BCUT2D eigenvalue weighted by atomic mass is 10.0. The second kappa shape index (κ2) is 5.81. The van der Waals surface area contributed by atoms with Gasteiger partial charge in [0.15, 0.2) is 0 Å². The van der Waals surface area contributed by atoms with Crippen molar-refractivity contribution in [2.24, 2.45) is 0 Å². The van der Waals surface area contributed by atoms with Crippen molar-refractivity contribution in [3.8, 4) is 11.1 Å². The van der Waals surface area contributed by atoms with Crippen LogP contribution in [0.1, 0.15) is 0 Å². The minimum Gasteiger partial charge on any atom is -0.354 e. The summed E-state index contributed by atoms with van der Waals surface area (Å²) >= 11 is 6.53. The van der Waals surface area contributed by atoms with Crippen molar-refractivity contribution in [3.63, 3.8) is 0 Å². The van der Waals surface area contributed by atoms with Crippen LogP contribution in [0.5, 0.6) is 0 Å². The van der Waals surface area contributed by atoms with E-state index in [2.05, 4.69) is 17.4 Å². The van der Waals surface area contributed by atoms with Gasteiger partial charge in [0.05, 0.1) is 10.7 Å². The van der Waals surface area contributed by atoms with Gasteiger partial charge in [-0.3, -0.25) is 0 Å². The molecule has 3 aromatic rings. The van der Waals surface area contributed by atoms with Gasteiger partial charge in [-0.05, 0) is 23.8 Å². The molecule has 0 bridgehead atoms. The highest BCUT2D eigenvalue weighted by molar-refractivity contribution is 6.36. The summed E-state index contributed by atoms with van der Waals surface area (Å²) in [6.07, 6.45) is 0. The summed E-state index contributed by atoms with van der Waals surface area (Å²) in [5, 5.41) is 4.09. The van der Waals surface area contributed by atoms with Gasteiger partial charge in [-0.2, -0.15) is 0 Å². The second-order valence-electron chi connectivity index (χ2n) is 4.52. The molecule has 0 saturated carbocycles. The minimum atomic E-state index is 0.738. The third-order valence-electron chi connectivity index (χ3n) is 3.14. The predicted octanol–water partition coefficient (Wildman–Crippen LogP) is 5.75. The molecule has 0 atom stereocenters. The van der Waals surface area contributed by atoms with E-state index in [1.807, 2.05) is 66.7 Å². The molecule has 0 aliphatic carbocycles. The fourth-order valence-corrected chi connectivity index (χ4v) is 2.43. The van der Waals surface area contributed by atoms with Crippen molar-refractivity contribution in [1.82, 2.24) is 0 Å². The zero-order valence-corrected chi connectivity index (χ0v) is 11.6. The number of rotatable bonds is 3. The Hall–Kier alpha value is -2.25. The molecule has 0 heterocycles. The van der Waals surface area contributed by atoms with Crippen LogP contribution < -0.4 is 5.32 Å². The van der Waals surface area contributed by atoms with Gasteiger partial charge in [-0.1, -0.05) is 72.3 Å². The molecule has 0 saturated heterocycles. The van der Waals surface area contributed by atoms with Crippen LogP contribution in [0.25, 0.3) is 11.1 Å². The summed E-state index contributed by atoms with van der Waals surface area (Å²) in [6, 6.07) is 26.2. The van der Waals surface area contributed by atoms with Gasteiger partial charge in [0.1, 0.15) is 0 Å². The van der Waals surface area contributed by atoms with Crippen LogP contribution in [0.15, 0.2) is 78.9 Å². The van der Waals surface area contributed by atoms with E-state index in [9.17, 15) is 0 Å². The van der Waals surface area contributed by atoms with Crippen LogP contribution in [-0.2, 0) is 0 Å². The first-order valence-corrected chi connectivity index (χ1v) is 6.88. The van der Waals surface area contributed by atoms with Gasteiger partial charge in [0, 0.05) is 11.3 Å². The molecule has 0 aromatic heterocycles. The number of benzene rings is 3. The van der Waals surface area contributed by atoms with E-state index in [4.69, 9.17) is 11.6 Å². The maximum atomic E-state index is 6.53. The van der Waals surface area contributed by atoms with E-state index in [0.29, 0.717) is 0 Å². The Bertz CT molecular complexity index is 693. The van der Waals surface area contributed by atoms with Gasteiger partial charge >= 0.3 is 0 Å². The summed E-state index contributed by atoms with van der Waals surface area (Å²) < 4.78 is 0. The standard InChI is InChI=1S/C18H14ClN/c19-18-16(14-8-3-1-4-9-14)12-7-13-17(18)20-15-10-5-2-6-11-15/h1-13,20H. The molecule has 20 heavy (non-hydrogen) atoms. The molecule has 98 valence electrons. The van der Waals surface area contributed by atoms with Crippen LogP contribution in [0.2, 0.25) is 5.02 Å². The number of halogens is 1. The molecule has 0 aliphatic heterocycles. The SMILES string of the molecule is Clc1c(Nc2ccccc2)cccc1-c1ccccc1. The monoisotopic (exact) mass is 279 g/mol. The molecule has 0 aliphatic rings. The highest BCUT2D eigenvalue weighted by atomic mass is 35.5. The number of hydrogen-bond acceptors (Lipinski definition) is 1. The quantitative estimate of drug-likeness (QED) is 0.643. The smallest absolute Gasteiger partial charge is 0.0719 e. The van der Waals surface area contributed by atoms with Crippen molar-refractivity contribution in [2.75, 3.05) is 5.32 Å². The molecular formula is C18H14ClN. The van der Waals surface area contributed by atoms with E-state index in [1.54, 1.807) is 0 Å². The molecule has 3 rings (SSSR count). The normalized spacial score (nSPS) is 10.2. The van der Waals surface area contributed by atoms with Crippen LogP contribution in [0, 0.1) is 0 Å². The van der Waals surface area contributed by atoms with Gasteiger partial charge in [-0.25, -0.2) is 0 Å². The zero-order chi connectivity index (χ0) is 13.8. The first-order chi connectivity index (χ1) is 9.84. The van der Waals surface area contributed by atoms with Crippen LogP contribution in [0.4, 0.5) is 11.4 Å². The van der Waals surface area contributed by atoms with Crippen molar-refractivity contribution in [3.05, 3.63) is 83.9 Å². The highest BCUT2D eigenvalue weighted by Crippen LogP contribution is 2.34. The number of hydrogen-bond donors (Lipinski definition) is 1. The first-order valence-electron chi connectivity index (χ1n) is 6.50. The maximum absolute atomic E-state index is 6.53. The Morgan fingerprint density at radius 3 is 2.00 bits per heavy atom. The molecule has 1 N–H and O–H groups in total. The van der Waals surface area contributed by atoms with E-state index in [0.717, 1.165) is 27.5 Å². The summed E-state index contributed by atoms with van der Waals surface area (Å²) in [7, 11) is 0. The largest absolute Gasteiger partial charge is 0.354 e. The number of anilines is 2. The minimum absolute atomic E-state index is 0.738. The highest BCUT2D eigenvalue weighted by Gasteiger charge is 2.07. The van der Waals surface area contributed by atoms with Gasteiger partial charge < -0.3 is 5.32 Å². The molecule has 0 unspecified atom stereocenters. The Morgan fingerprint density at radius 1 is 0.650 bits per heavy atom. The van der Waals surface area contributed by atoms with E-state index in [-0.39, 0.29) is 0 Å². The predicted molar refractivity (Wildman–Crippen MR) is 86.6 cm³/mol. The Kier molecular flexibility index (Phi) is 3.71. The van der Waals surface area contributed by atoms with Gasteiger partial charge in [-0.15, -0.1) is 0 Å². The van der Waals surface area contributed by atoms with E-state index >= 15 is 0 Å². The van der Waals surface area contributed by atoms with Crippen molar-refractivity contribution < 1.29 is 0 Å². The lowest BCUT2D eigenvalue weighted by molar-refractivity contribution is 1.54. The number of para-hydroxylation sites is 1. The number of nitrogens with one attached hydrogen (secondary N) is 1. The fraction of sp³-hybridized carbons (Fsp3) is 0. The average molecular weight is 280 g/mol. The van der Waals surface area contributed by atoms with Gasteiger partial charge in [0.2, 0.25) is 0 Å². The second-order valence-corrected chi connectivity index (χ2v) is 4.90. The van der Waals surface area contributed by atoms with Crippen molar-refractivity contribution >= 4 is 23.0 Å². The van der Waals surface area contributed by atoms with Crippen LogP contribution >= 0.6 is 11.6 Å². The molecule has 3 aromatic carbocycles. The molecule has 0 spiro atoms. The molecule has 0 amide bonds. The average Bonchev–Trinajstić information content (AvgIpc) is 2.51. The summed E-state index contributed by atoms with van der Waals surface area (Å²) in [5.41, 5.74) is 4.10. The molecule has 0 radical (unpaired) electrons. The third-order valence-corrected chi connectivity index (χ3v) is 3.54. The molecule has 2 heteroatoms. The Morgan fingerprint density at radius 2 is 1.30 bits per heavy atom. The Labute approximate surface area is 123 Å². The summed E-state index contributed by atoms with van der Waals surface area (Å²) in [6.45, 7) is 0.